The van der Waals surface area contributed by atoms with Gasteiger partial charge in [-0.25, -0.2) is 13.2 Å². The van der Waals surface area contributed by atoms with Gasteiger partial charge in [0.15, 0.2) is 11.5 Å². The number of aromatic nitrogens is 1. The van der Waals surface area contributed by atoms with E-state index in [2.05, 4.69) is 15.4 Å². The average Bonchev–Trinajstić information content (AvgIpc) is 3.29. The highest BCUT2D eigenvalue weighted by Crippen LogP contribution is 2.30. The molecule has 34 heavy (non-hydrogen) atoms. The van der Waals surface area contributed by atoms with Crippen LogP contribution in [0.25, 0.3) is 11.3 Å². The average molecular weight is 479 g/mol. The highest BCUT2D eigenvalue weighted by atomic mass is 19.1. The third kappa shape index (κ3) is 5.27. The number of likely N-dealkylation sites (tertiary alicyclic amines) is 1. The largest absolute Gasteiger partial charge is 0.355 e. The second kappa shape index (κ2) is 10.2. The molecule has 2 amide bonds. The predicted octanol–water partition coefficient (Wildman–Crippen LogP) is 3.41. The summed E-state index contributed by atoms with van der Waals surface area (Å²) in [6.45, 7) is 1.17. The van der Waals surface area contributed by atoms with Crippen LogP contribution in [0, 0.1) is 17.6 Å². The molecule has 0 radical (unpaired) electrons. The van der Waals surface area contributed by atoms with Crippen LogP contribution in [0.3, 0.4) is 0 Å². The SMILES string of the molecule is CN(C)C(=O)[C@@H]1CN(C2CCC(F)CC2)CC[C@H]1NC(=O)c1cc(-c2ccc(F)cc2F)on1. The molecule has 1 aromatic carbocycles. The maximum atomic E-state index is 14.1. The van der Waals surface area contributed by atoms with E-state index < -0.39 is 35.7 Å². The number of carbonyl (C=O) groups is 2. The maximum absolute atomic E-state index is 14.1. The summed E-state index contributed by atoms with van der Waals surface area (Å²) >= 11 is 0. The Morgan fingerprint density at radius 2 is 1.85 bits per heavy atom. The lowest BCUT2D eigenvalue weighted by Crippen LogP contribution is -2.57. The smallest absolute Gasteiger partial charge is 0.273 e. The fourth-order valence-electron chi connectivity index (χ4n) is 4.90. The van der Waals surface area contributed by atoms with E-state index >= 15 is 0 Å². The van der Waals surface area contributed by atoms with E-state index in [1.54, 1.807) is 14.1 Å². The minimum Gasteiger partial charge on any atom is -0.355 e. The third-order valence-corrected chi connectivity index (χ3v) is 6.80. The molecular weight excluding hydrogens is 449 g/mol. The molecule has 2 atom stereocenters. The van der Waals surface area contributed by atoms with Crippen LogP contribution in [0.2, 0.25) is 0 Å². The number of benzene rings is 1. The zero-order chi connectivity index (χ0) is 24.4. The Morgan fingerprint density at radius 3 is 2.53 bits per heavy atom. The summed E-state index contributed by atoms with van der Waals surface area (Å²) in [6, 6.07) is 4.14. The summed E-state index contributed by atoms with van der Waals surface area (Å²) < 4.78 is 45.9. The summed E-state index contributed by atoms with van der Waals surface area (Å²) in [7, 11) is 3.35. The van der Waals surface area contributed by atoms with Gasteiger partial charge in [0, 0.05) is 51.4 Å². The third-order valence-electron chi connectivity index (χ3n) is 6.80. The van der Waals surface area contributed by atoms with Crippen LogP contribution in [0.5, 0.6) is 0 Å². The van der Waals surface area contributed by atoms with Gasteiger partial charge in [0.25, 0.3) is 5.91 Å². The lowest BCUT2D eigenvalue weighted by atomic mass is 9.86. The van der Waals surface area contributed by atoms with Crippen molar-refractivity contribution < 1.29 is 27.3 Å². The van der Waals surface area contributed by atoms with Crippen LogP contribution < -0.4 is 5.32 Å². The fraction of sp³-hybridized carbons (Fsp3) is 0.542. The van der Waals surface area contributed by atoms with Gasteiger partial charge < -0.3 is 14.7 Å². The monoisotopic (exact) mass is 478 g/mol. The van der Waals surface area contributed by atoms with E-state index in [1.165, 1.54) is 17.0 Å². The molecule has 7 nitrogen and oxygen atoms in total. The molecule has 0 unspecified atom stereocenters. The van der Waals surface area contributed by atoms with E-state index in [1.807, 2.05) is 0 Å². The second-order valence-corrected chi connectivity index (χ2v) is 9.31. The summed E-state index contributed by atoms with van der Waals surface area (Å²) in [4.78, 5) is 29.6. The van der Waals surface area contributed by atoms with E-state index in [-0.39, 0.29) is 29.0 Å². The zero-order valence-corrected chi connectivity index (χ0v) is 19.3. The van der Waals surface area contributed by atoms with Gasteiger partial charge in [-0.05, 0) is 44.2 Å². The van der Waals surface area contributed by atoms with Gasteiger partial charge in [0.1, 0.15) is 17.8 Å². The van der Waals surface area contributed by atoms with Crippen molar-refractivity contribution in [2.45, 2.75) is 50.4 Å². The highest BCUT2D eigenvalue weighted by Gasteiger charge is 2.39. The van der Waals surface area contributed by atoms with Crippen molar-refractivity contribution in [1.82, 2.24) is 20.3 Å². The molecule has 2 aliphatic rings. The molecule has 10 heteroatoms. The van der Waals surface area contributed by atoms with Crippen LogP contribution in [-0.4, -0.2) is 72.2 Å². The molecule has 1 N–H and O–H groups in total. The first-order valence-electron chi connectivity index (χ1n) is 11.5. The number of hydrogen-bond acceptors (Lipinski definition) is 5. The highest BCUT2D eigenvalue weighted by molar-refractivity contribution is 5.94. The molecule has 1 aromatic heterocycles. The van der Waals surface area contributed by atoms with Gasteiger partial charge in [-0.3, -0.25) is 14.5 Å². The summed E-state index contributed by atoms with van der Waals surface area (Å²) in [5.41, 5.74) is -0.0663. The fourth-order valence-corrected chi connectivity index (χ4v) is 4.90. The Balaban J connectivity index is 1.46. The lowest BCUT2D eigenvalue weighted by Gasteiger charge is -2.43. The molecule has 4 rings (SSSR count). The normalized spacial score (nSPS) is 25.7. The van der Waals surface area contributed by atoms with Crippen LogP contribution >= 0.6 is 0 Å². The Hall–Kier alpha value is -2.88. The molecule has 0 spiro atoms. The molecular formula is C24H29F3N4O3. The first-order chi connectivity index (χ1) is 16.2. The molecule has 2 aromatic rings. The van der Waals surface area contributed by atoms with Gasteiger partial charge >= 0.3 is 0 Å². The van der Waals surface area contributed by atoms with E-state index in [4.69, 9.17) is 4.52 Å². The molecule has 0 bridgehead atoms. The number of nitrogens with one attached hydrogen (secondary N) is 1. The van der Waals surface area contributed by atoms with Gasteiger partial charge in [-0.15, -0.1) is 0 Å². The number of amides is 2. The van der Waals surface area contributed by atoms with Crippen molar-refractivity contribution in [3.63, 3.8) is 0 Å². The zero-order valence-electron chi connectivity index (χ0n) is 19.3. The maximum Gasteiger partial charge on any atom is 0.273 e. The number of alkyl halides is 1. The molecule has 1 aliphatic heterocycles. The number of rotatable bonds is 5. The van der Waals surface area contributed by atoms with Gasteiger partial charge in [-0.1, -0.05) is 5.16 Å². The van der Waals surface area contributed by atoms with Gasteiger partial charge in [0.2, 0.25) is 5.91 Å². The first-order valence-corrected chi connectivity index (χ1v) is 11.5. The van der Waals surface area contributed by atoms with Crippen molar-refractivity contribution in [2.75, 3.05) is 27.2 Å². The van der Waals surface area contributed by atoms with Crippen LogP contribution in [-0.2, 0) is 4.79 Å². The van der Waals surface area contributed by atoms with Crippen molar-refractivity contribution in [3.05, 3.63) is 41.6 Å². The van der Waals surface area contributed by atoms with Crippen LogP contribution in [0.15, 0.2) is 28.8 Å². The minimum atomic E-state index is -0.825. The summed E-state index contributed by atoms with van der Waals surface area (Å²) in [5, 5.41) is 6.62. The van der Waals surface area contributed by atoms with Crippen molar-refractivity contribution >= 4 is 11.8 Å². The lowest BCUT2D eigenvalue weighted by molar-refractivity contribution is -0.136. The second-order valence-electron chi connectivity index (χ2n) is 9.31. The number of carbonyl (C=O) groups excluding carboxylic acids is 2. The van der Waals surface area contributed by atoms with Crippen molar-refractivity contribution in [3.8, 4) is 11.3 Å². The Bertz CT molecular complexity index is 1040. The summed E-state index contributed by atoms with van der Waals surface area (Å²) in [5.74, 6) is -2.64. The van der Waals surface area contributed by atoms with Gasteiger partial charge in [-0.2, -0.15) is 0 Å². The van der Waals surface area contributed by atoms with Crippen molar-refractivity contribution in [1.29, 1.82) is 0 Å². The topological polar surface area (TPSA) is 78.7 Å². The molecule has 1 saturated heterocycles. The first kappa shape index (κ1) is 24.3. The summed E-state index contributed by atoms with van der Waals surface area (Å²) in [6.07, 6.45) is 2.42. The van der Waals surface area contributed by atoms with E-state index in [9.17, 15) is 22.8 Å². The predicted molar refractivity (Wildman–Crippen MR) is 119 cm³/mol. The quantitative estimate of drug-likeness (QED) is 0.713. The van der Waals surface area contributed by atoms with Crippen LogP contribution in [0.1, 0.15) is 42.6 Å². The van der Waals surface area contributed by atoms with E-state index in [0.29, 0.717) is 32.4 Å². The van der Waals surface area contributed by atoms with Crippen LogP contribution in [0.4, 0.5) is 13.2 Å². The minimum absolute atomic E-state index is 0.00172. The number of halogens is 3. The molecule has 2 fully saturated rings. The Labute approximate surface area is 196 Å². The Morgan fingerprint density at radius 1 is 1.12 bits per heavy atom. The van der Waals surface area contributed by atoms with E-state index in [0.717, 1.165) is 25.0 Å². The number of piperidine rings is 1. The number of hydrogen-bond donors (Lipinski definition) is 1. The molecule has 1 aliphatic carbocycles. The molecule has 184 valence electrons. The molecule has 2 heterocycles. The standard InChI is InChI=1S/C24H29F3N4O3/c1-30(2)24(33)18-13-31(16-6-3-14(25)4-7-16)10-9-20(18)28-23(32)21-12-22(34-29-21)17-8-5-15(26)11-19(17)27/h5,8,11-12,14,16,18,20H,3-4,6-7,9-10,13H2,1-2H3,(H,28,32)/t14?,16?,18-,20-/m1/s1. The van der Waals surface area contributed by atoms with Gasteiger partial charge in [0.05, 0.1) is 11.5 Å². The Kier molecular flexibility index (Phi) is 7.25. The number of nitrogens with zero attached hydrogens (tertiary/aromatic N) is 3. The van der Waals surface area contributed by atoms with Crippen molar-refractivity contribution in [2.24, 2.45) is 5.92 Å². The molecule has 1 saturated carbocycles.